The zero-order valence-corrected chi connectivity index (χ0v) is 13.3. The maximum Gasteiger partial charge on any atom is 0.338 e. The van der Waals surface area contributed by atoms with Crippen LogP contribution >= 0.6 is 0 Å². The summed E-state index contributed by atoms with van der Waals surface area (Å²) in [6.07, 6.45) is 6.43. The Morgan fingerprint density at radius 3 is 2.68 bits per heavy atom. The number of carbonyl (C=O) groups excluding carboxylic acids is 1. The maximum absolute atomic E-state index is 12.2. The highest BCUT2D eigenvalue weighted by molar-refractivity contribution is 5.89. The van der Waals surface area contributed by atoms with Crippen molar-refractivity contribution in [1.82, 2.24) is 0 Å². The Kier molecular flexibility index (Phi) is 4.98. The van der Waals surface area contributed by atoms with Crippen molar-refractivity contribution < 1.29 is 19.2 Å². The van der Waals surface area contributed by atoms with Crippen LogP contribution in [0.4, 0.5) is 0 Å². The van der Waals surface area contributed by atoms with E-state index >= 15 is 0 Å². The van der Waals surface area contributed by atoms with Gasteiger partial charge in [0.1, 0.15) is 12.4 Å². The minimum atomic E-state index is -0.217. The standard InChI is InChI=1S/C18H25NO3/c1-21-16-9-7-14(8-10-16)18(20)22-13-15-5-4-12-19-11-3-2-6-17(15)19/h7-10,15,17H,2-6,11-13H2,1H3/p+1/t15-,17+/m0/s1. The quantitative estimate of drug-likeness (QED) is 0.861. The number of hydrogen-bond donors (Lipinski definition) is 1. The van der Waals surface area contributed by atoms with E-state index in [1.807, 2.05) is 0 Å². The predicted molar refractivity (Wildman–Crippen MR) is 84.3 cm³/mol. The number of carbonyl (C=O) groups is 1. The molecule has 1 aromatic rings. The van der Waals surface area contributed by atoms with Gasteiger partial charge < -0.3 is 14.4 Å². The SMILES string of the molecule is COc1ccc(C(=O)OC[C@@H]2CCC[NH+]3CCCC[C@H]23)cc1. The van der Waals surface area contributed by atoms with Gasteiger partial charge >= 0.3 is 5.97 Å². The second-order valence-corrected chi connectivity index (χ2v) is 6.49. The van der Waals surface area contributed by atoms with Crippen LogP contribution in [0.25, 0.3) is 0 Å². The first-order chi connectivity index (χ1) is 10.8. The number of quaternary nitrogens is 1. The summed E-state index contributed by atoms with van der Waals surface area (Å²) in [4.78, 5) is 13.9. The third-order valence-corrected chi connectivity index (χ3v) is 5.18. The van der Waals surface area contributed by atoms with Crippen LogP contribution < -0.4 is 9.64 Å². The fourth-order valence-corrected chi connectivity index (χ4v) is 3.97. The van der Waals surface area contributed by atoms with E-state index in [4.69, 9.17) is 9.47 Å². The molecular formula is C18H26NO3+. The molecule has 1 unspecified atom stereocenters. The Balaban J connectivity index is 1.55. The van der Waals surface area contributed by atoms with Gasteiger partial charge in [-0.2, -0.15) is 0 Å². The number of methoxy groups -OCH3 is 1. The highest BCUT2D eigenvalue weighted by atomic mass is 16.5. The Bertz CT molecular complexity index is 498. The molecule has 3 rings (SSSR count). The van der Waals surface area contributed by atoms with E-state index in [0.717, 1.165) is 5.75 Å². The van der Waals surface area contributed by atoms with Gasteiger partial charge in [0.2, 0.25) is 0 Å². The summed E-state index contributed by atoms with van der Waals surface area (Å²) in [6, 6.07) is 7.82. The van der Waals surface area contributed by atoms with Crippen LogP contribution in [-0.2, 0) is 4.74 Å². The Hall–Kier alpha value is -1.55. The molecule has 2 saturated heterocycles. The van der Waals surface area contributed by atoms with E-state index < -0.39 is 0 Å². The van der Waals surface area contributed by atoms with Crippen molar-refractivity contribution in [1.29, 1.82) is 0 Å². The largest absolute Gasteiger partial charge is 0.497 e. The normalized spacial score (nSPS) is 27.8. The van der Waals surface area contributed by atoms with E-state index in [0.29, 0.717) is 24.1 Å². The first-order valence-corrected chi connectivity index (χ1v) is 8.43. The van der Waals surface area contributed by atoms with Crippen molar-refractivity contribution in [2.75, 3.05) is 26.8 Å². The Labute approximate surface area is 132 Å². The molecule has 0 aromatic heterocycles. The molecule has 1 aromatic carbocycles. The number of esters is 1. The fraction of sp³-hybridized carbons (Fsp3) is 0.611. The van der Waals surface area contributed by atoms with Gasteiger partial charge in [0.15, 0.2) is 0 Å². The monoisotopic (exact) mass is 304 g/mol. The number of hydrogen-bond acceptors (Lipinski definition) is 3. The Morgan fingerprint density at radius 2 is 1.91 bits per heavy atom. The summed E-state index contributed by atoms with van der Waals surface area (Å²) in [6.45, 7) is 3.17. The van der Waals surface area contributed by atoms with Crippen LogP contribution in [0.3, 0.4) is 0 Å². The minimum absolute atomic E-state index is 0.217. The molecule has 2 heterocycles. The first kappa shape index (κ1) is 15.3. The van der Waals surface area contributed by atoms with Gasteiger partial charge in [0, 0.05) is 5.92 Å². The number of fused-ring (bicyclic) bond motifs is 1. The minimum Gasteiger partial charge on any atom is -0.497 e. The van der Waals surface area contributed by atoms with Crippen molar-refractivity contribution in [3.8, 4) is 5.75 Å². The fourth-order valence-electron chi connectivity index (χ4n) is 3.97. The lowest BCUT2D eigenvalue weighted by molar-refractivity contribution is -0.940. The van der Waals surface area contributed by atoms with Gasteiger partial charge in [0.05, 0.1) is 31.8 Å². The molecule has 22 heavy (non-hydrogen) atoms. The molecule has 1 N–H and O–H groups in total. The third-order valence-electron chi connectivity index (χ3n) is 5.18. The lowest BCUT2D eigenvalue weighted by Crippen LogP contribution is -3.18. The molecule has 3 atom stereocenters. The molecule has 2 aliphatic heterocycles. The van der Waals surface area contributed by atoms with E-state index in [2.05, 4.69) is 0 Å². The highest BCUT2D eigenvalue weighted by Gasteiger charge is 2.37. The number of ether oxygens (including phenoxy) is 2. The van der Waals surface area contributed by atoms with Crippen LogP contribution in [-0.4, -0.2) is 38.8 Å². The summed E-state index contributed by atoms with van der Waals surface area (Å²) in [5.41, 5.74) is 0.601. The van der Waals surface area contributed by atoms with Gasteiger partial charge in [-0.3, -0.25) is 0 Å². The van der Waals surface area contributed by atoms with Crippen molar-refractivity contribution in [2.24, 2.45) is 5.92 Å². The molecule has 0 saturated carbocycles. The maximum atomic E-state index is 12.2. The van der Waals surface area contributed by atoms with Crippen LogP contribution in [0.15, 0.2) is 24.3 Å². The topological polar surface area (TPSA) is 40.0 Å². The number of rotatable bonds is 4. The van der Waals surface area contributed by atoms with E-state index in [-0.39, 0.29) is 5.97 Å². The molecule has 0 spiro atoms. The lowest BCUT2D eigenvalue weighted by Gasteiger charge is -2.40. The lowest BCUT2D eigenvalue weighted by atomic mass is 9.84. The summed E-state index contributed by atoms with van der Waals surface area (Å²) >= 11 is 0. The number of piperidine rings is 2. The molecule has 2 fully saturated rings. The van der Waals surface area contributed by atoms with Crippen LogP contribution in [0.5, 0.6) is 5.75 Å². The van der Waals surface area contributed by atoms with Crippen LogP contribution in [0.1, 0.15) is 42.5 Å². The van der Waals surface area contributed by atoms with Crippen molar-refractivity contribution in [3.05, 3.63) is 29.8 Å². The third kappa shape index (κ3) is 3.43. The second-order valence-electron chi connectivity index (χ2n) is 6.49. The van der Waals surface area contributed by atoms with Gasteiger partial charge in [-0.1, -0.05) is 0 Å². The molecule has 2 aliphatic rings. The molecule has 0 aliphatic carbocycles. The molecule has 4 nitrogen and oxygen atoms in total. The second kappa shape index (κ2) is 7.14. The first-order valence-electron chi connectivity index (χ1n) is 8.43. The van der Waals surface area contributed by atoms with Gasteiger partial charge in [-0.25, -0.2) is 4.79 Å². The van der Waals surface area contributed by atoms with Crippen molar-refractivity contribution >= 4 is 5.97 Å². The van der Waals surface area contributed by atoms with E-state index in [1.165, 1.54) is 45.2 Å². The zero-order valence-electron chi connectivity index (χ0n) is 13.3. The van der Waals surface area contributed by atoms with Gasteiger partial charge in [-0.15, -0.1) is 0 Å². The summed E-state index contributed by atoms with van der Waals surface area (Å²) in [7, 11) is 1.62. The molecule has 4 heteroatoms. The summed E-state index contributed by atoms with van der Waals surface area (Å²) < 4.78 is 10.7. The summed E-state index contributed by atoms with van der Waals surface area (Å²) in [5.74, 6) is 1.07. The molecule has 0 bridgehead atoms. The summed E-state index contributed by atoms with van der Waals surface area (Å²) in [5, 5.41) is 0. The van der Waals surface area contributed by atoms with Crippen LogP contribution in [0, 0.1) is 5.92 Å². The smallest absolute Gasteiger partial charge is 0.338 e. The van der Waals surface area contributed by atoms with E-state index in [1.54, 1.807) is 36.3 Å². The predicted octanol–water partition coefficient (Wildman–Crippen LogP) is 1.70. The van der Waals surface area contributed by atoms with Crippen LogP contribution in [0.2, 0.25) is 0 Å². The average Bonchev–Trinajstić information content (AvgIpc) is 2.59. The van der Waals surface area contributed by atoms with E-state index in [9.17, 15) is 4.79 Å². The zero-order chi connectivity index (χ0) is 15.4. The van der Waals surface area contributed by atoms with Gasteiger partial charge in [0.25, 0.3) is 0 Å². The number of nitrogens with one attached hydrogen (secondary N) is 1. The average molecular weight is 304 g/mol. The molecule has 0 amide bonds. The van der Waals surface area contributed by atoms with Crippen molar-refractivity contribution in [2.45, 2.75) is 38.1 Å². The number of benzene rings is 1. The molecule has 120 valence electrons. The Morgan fingerprint density at radius 1 is 1.14 bits per heavy atom. The molecule has 0 radical (unpaired) electrons. The van der Waals surface area contributed by atoms with Gasteiger partial charge in [-0.05, 0) is 56.4 Å². The molecular weight excluding hydrogens is 278 g/mol. The highest BCUT2D eigenvalue weighted by Crippen LogP contribution is 2.21. The van der Waals surface area contributed by atoms with Crippen molar-refractivity contribution in [3.63, 3.8) is 0 Å².